The number of rotatable bonds is 9. The van der Waals surface area contributed by atoms with Gasteiger partial charge < -0.3 is 14.8 Å². The average Bonchev–Trinajstić information content (AvgIpc) is 3.26. The molecule has 8 nitrogen and oxygen atoms in total. The number of nitriles is 1. The maximum Gasteiger partial charge on any atom is 0.263 e. The van der Waals surface area contributed by atoms with Gasteiger partial charge >= 0.3 is 0 Å². The molecule has 0 bridgehead atoms. The van der Waals surface area contributed by atoms with E-state index in [-0.39, 0.29) is 27.9 Å². The van der Waals surface area contributed by atoms with E-state index < -0.39 is 29.2 Å². The zero-order valence-electron chi connectivity index (χ0n) is 23.5. The summed E-state index contributed by atoms with van der Waals surface area (Å²) in [5, 5.41) is 12.8. The smallest absolute Gasteiger partial charge is 0.263 e. The summed E-state index contributed by atoms with van der Waals surface area (Å²) in [7, 11) is -1.90. The molecule has 0 radical (unpaired) electrons. The second kappa shape index (κ2) is 19.0. The summed E-state index contributed by atoms with van der Waals surface area (Å²) in [6.45, 7) is 7.24. The second-order valence-corrected chi connectivity index (χ2v) is 11.3. The van der Waals surface area contributed by atoms with Crippen molar-refractivity contribution in [3.05, 3.63) is 52.8 Å². The first-order valence-electron chi connectivity index (χ1n) is 13.4. The monoisotopic (exact) mass is 630 g/mol. The number of carbonyl (C=O) groups excluding carboxylic acids is 1. The minimum Gasteiger partial charge on any atom is -0.383 e. The molecule has 1 amide bonds. The molecule has 2 aliphatic heterocycles. The predicted octanol–water partition coefficient (Wildman–Crippen LogP) is 5.19. The number of halogens is 3. The van der Waals surface area contributed by atoms with Crippen LogP contribution in [-0.2, 0) is 25.3 Å². The van der Waals surface area contributed by atoms with Gasteiger partial charge in [-0.25, -0.2) is 13.0 Å². The molecule has 2 saturated heterocycles. The highest BCUT2D eigenvalue weighted by molar-refractivity contribution is 7.98. The second-order valence-electron chi connectivity index (χ2n) is 8.76. The number of thioether (sulfide) groups is 1. The normalized spacial score (nSPS) is 17.7. The highest BCUT2D eigenvalue weighted by atomic mass is 35.5. The molecule has 2 heterocycles. The first-order valence-corrected chi connectivity index (χ1v) is 16.1. The molecule has 2 aromatic rings. The molecule has 41 heavy (non-hydrogen) atoms. The third-order valence-electron chi connectivity index (χ3n) is 5.82. The highest BCUT2D eigenvalue weighted by Crippen LogP contribution is 2.29. The van der Waals surface area contributed by atoms with E-state index >= 15 is 0 Å². The largest absolute Gasteiger partial charge is 0.383 e. The van der Waals surface area contributed by atoms with Gasteiger partial charge in [0.2, 0.25) is 0 Å². The summed E-state index contributed by atoms with van der Waals surface area (Å²) in [4.78, 5) is 15.6. The number of hydrogen-bond donors (Lipinski definition) is 2. The van der Waals surface area contributed by atoms with Gasteiger partial charge in [0.15, 0.2) is 17.1 Å². The number of ether oxygens (including phenoxy) is 2. The van der Waals surface area contributed by atoms with Crippen LogP contribution in [0, 0.1) is 17.1 Å². The van der Waals surface area contributed by atoms with Crippen molar-refractivity contribution in [1.82, 2.24) is 9.62 Å². The van der Waals surface area contributed by atoms with Crippen molar-refractivity contribution in [1.29, 1.82) is 5.26 Å². The molecule has 13 heteroatoms. The van der Waals surface area contributed by atoms with Crippen molar-refractivity contribution >= 4 is 45.9 Å². The Morgan fingerprint density at radius 3 is 2.59 bits per heavy atom. The Labute approximate surface area is 252 Å². The molecule has 2 N–H and O–H groups in total. The van der Waals surface area contributed by atoms with Gasteiger partial charge in [-0.3, -0.25) is 14.4 Å². The fraction of sp³-hybridized carbons (Fsp3) is 0.500. The molecule has 0 saturated carbocycles. The van der Waals surface area contributed by atoms with Crippen LogP contribution < -0.4 is 10.0 Å². The van der Waals surface area contributed by atoms with Crippen LogP contribution in [0.15, 0.2) is 46.2 Å². The Kier molecular flexibility index (Phi) is 16.2. The van der Waals surface area contributed by atoms with Crippen molar-refractivity contribution in [3.63, 3.8) is 0 Å². The van der Waals surface area contributed by atoms with Crippen molar-refractivity contribution in [2.75, 3.05) is 57.6 Å². The first-order chi connectivity index (χ1) is 19.8. The van der Waals surface area contributed by atoms with E-state index in [0.717, 1.165) is 17.9 Å². The first kappa shape index (κ1) is 34.9. The summed E-state index contributed by atoms with van der Waals surface area (Å²) in [6.07, 6.45) is 1.86. The lowest BCUT2D eigenvalue weighted by Gasteiger charge is -2.34. The number of carbonyl (C=O) groups is 1. The lowest BCUT2D eigenvalue weighted by atomic mass is 10.1. The predicted molar refractivity (Wildman–Crippen MR) is 160 cm³/mol. The minimum atomic E-state index is -1.90. The SMILES string of the molecule is CC.CSc1ccc(F)cc1.N#Cc1cc(S(=O)NC(=O)C2COCCCO2)cc(Cl)c1NCCCN1CC(F)C1. The van der Waals surface area contributed by atoms with Gasteiger partial charge in [-0.15, -0.1) is 11.8 Å². The van der Waals surface area contributed by atoms with Crippen LogP contribution in [-0.4, -0.2) is 79.5 Å². The Hall–Kier alpha value is -2.27. The van der Waals surface area contributed by atoms with Crippen molar-refractivity contribution < 1.29 is 27.3 Å². The third kappa shape index (κ3) is 11.9. The molecule has 2 aliphatic rings. The van der Waals surface area contributed by atoms with Crippen LogP contribution in [0.1, 0.15) is 32.3 Å². The number of likely N-dealkylation sites (tertiary alicyclic amines) is 1. The van der Waals surface area contributed by atoms with E-state index in [9.17, 15) is 23.0 Å². The zero-order chi connectivity index (χ0) is 30.2. The molecule has 2 atom stereocenters. The van der Waals surface area contributed by atoms with Gasteiger partial charge in [0, 0.05) is 44.3 Å². The van der Waals surface area contributed by atoms with Crippen LogP contribution in [0.3, 0.4) is 0 Å². The fourth-order valence-corrected chi connectivity index (χ4v) is 5.37. The summed E-state index contributed by atoms with van der Waals surface area (Å²) in [6, 6.07) is 11.4. The molecule has 0 spiro atoms. The number of amides is 1. The maximum absolute atomic E-state index is 12.8. The van der Waals surface area contributed by atoms with Gasteiger partial charge in [-0.2, -0.15) is 5.26 Å². The Morgan fingerprint density at radius 2 is 1.95 bits per heavy atom. The number of nitrogens with one attached hydrogen (secondary N) is 2. The number of hydrogen-bond acceptors (Lipinski definition) is 8. The van der Waals surface area contributed by atoms with Crippen LogP contribution in [0.2, 0.25) is 5.02 Å². The fourth-order valence-electron chi connectivity index (χ4n) is 3.73. The van der Waals surface area contributed by atoms with E-state index in [2.05, 4.69) is 10.0 Å². The molecule has 2 fully saturated rings. The number of nitrogens with zero attached hydrogens (tertiary/aromatic N) is 2. The maximum atomic E-state index is 12.8. The molecule has 226 valence electrons. The average molecular weight is 631 g/mol. The van der Waals surface area contributed by atoms with Crippen LogP contribution >= 0.6 is 23.4 Å². The highest BCUT2D eigenvalue weighted by Gasteiger charge is 2.26. The quantitative estimate of drug-likeness (QED) is 0.288. The van der Waals surface area contributed by atoms with E-state index in [0.29, 0.717) is 45.0 Å². The standard InChI is InChI=1S/C19H24ClFN4O4S.C7H7FS.C2H6/c20-16-8-15(30(27)24-19(26)17-12-28-5-2-6-29-17)7-13(9-22)18(16)23-3-1-4-25-10-14(21)11-25;1-9-7-4-2-6(8)3-5-7;1-2/h7-8,14,17,23H,1-6,10-12H2,(H,24,26);2-5H,1H3;1-2H3. The third-order valence-corrected chi connectivity index (χ3v) is 7.91. The summed E-state index contributed by atoms with van der Waals surface area (Å²) < 4.78 is 50.7. The Bertz CT molecular complexity index is 1160. The molecule has 0 aliphatic carbocycles. The summed E-state index contributed by atoms with van der Waals surface area (Å²) in [5.74, 6) is -0.721. The van der Waals surface area contributed by atoms with Crippen molar-refractivity contribution in [2.45, 2.75) is 48.8 Å². The molecular weight excluding hydrogens is 594 g/mol. The molecule has 2 unspecified atom stereocenters. The van der Waals surface area contributed by atoms with Crippen LogP contribution in [0.4, 0.5) is 14.5 Å². The molecule has 4 rings (SSSR count). The number of alkyl halides is 1. The zero-order valence-corrected chi connectivity index (χ0v) is 25.8. The van der Waals surface area contributed by atoms with Gasteiger partial charge in [0.1, 0.15) is 18.1 Å². The lowest BCUT2D eigenvalue weighted by Crippen LogP contribution is -2.48. The van der Waals surface area contributed by atoms with E-state index in [1.165, 1.54) is 24.3 Å². The Morgan fingerprint density at radius 1 is 1.24 bits per heavy atom. The molecule has 0 aromatic heterocycles. The van der Waals surface area contributed by atoms with Crippen LogP contribution in [0.25, 0.3) is 0 Å². The molecular formula is C28H37ClF2N4O4S2. The molecule has 2 aromatic carbocycles. The van der Waals surface area contributed by atoms with Crippen LogP contribution in [0.5, 0.6) is 0 Å². The van der Waals surface area contributed by atoms with Crippen molar-refractivity contribution in [3.8, 4) is 6.07 Å². The van der Waals surface area contributed by atoms with E-state index in [1.807, 2.05) is 31.1 Å². The topological polar surface area (TPSA) is 104 Å². The minimum absolute atomic E-state index is 0.0967. The van der Waals surface area contributed by atoms with Crippen molar-refractivity contribution in [2.24, 2.45) is 0 Å². The summed E-state index contributed by atoms with van der Waals surface area (Å²) >= 11 is 7.91. The van der Waals surface area contributed by atoms with Gasteiger partial charge in [0.25, 0.3) is 5.91 Å². The summed E-state index contributed by atoms with van der Waals surface area (Å²) in [5.41, 5.74) is 0.667. The van der Waals surface area contributed by atoms with E-state index in [4.69, 9.17) is 21.1 Å². The van der Waals surface area contributed by atoms with Gasteiger partial charge in [-0.1, -0.05) is 25.4 Å². The van der Waals surface area contributed by atoms with Gasteiger partial charge in [0.05, 0.1) is 27.8 Å². The van der Waals surface area contributed by atoms with E-state index in [1.54, 1.807) is 23.9 Å². The van der Waals surface area contributed by atoms with Gasteiger partial charge in [-0.05, 0) is 55.5 Å². The number of benzene rings is 2. The Balaban J connectivity index is 0.000000450. The number of anilines is 1. The lowest BCUT2D eigenvalue weighted by molar-refractivity contribution is -0.132.